The van der Waals surface area contributed by atoms with Gasteiger partial charge in [-0.1, -0.05) is 19.2 Å². The van der Waals surface area contributed by atoms with Crippen LogP contribution in [0.3, 0.4) is 0 Å². The molecule has 2 heteroatoms. The lowest BCUT2D eigenvalue weighted by Crippen LogP contribution is -1.69. The highest BCUT2D eigenvalue weighted by Gasteiger charge is 1.86. The van der Waals surface area contributed by atoms with E-state index in [-0.39, 0.29) is 5.57 Å². The van der Waals surface area contributed by atoms with Gasteiger partial charge in [0.1, 0.15) is 5.83 Å². The second kappa shape index (κ2) is 3.62. The molecule has 0 bridgehead atoms. The smallest absolute Gasteiger partial charge is 0.117 e. The third kappa shape index (κ3) is 3.24. The summed E-state index contributed by atoms with van der Waals surface area (Å²) in [6, 6.07) is 1.73. The van der Waals surface area contributed by atoms with Crippen molar-refractivity contribution in [3.63, 3.8) is 0 Å². The fraction of sp³-hybridized carbons (Fsp3) is 0. The molecule has 9 heavy (non-hydrogen) atoms. The molecular weight excluding hydrogens is 117 g/mol. The standard InChI is InChI=1S/C7H6FN/c1-3-7(5-9)4-6(2)8/h3-4H,1-2H2. The molecule has 0 aliphatic heterocycles. The van der Waals surface area contributed by atoms with Gasteiger partial charge in [0.25, 0.3) is 0 Å². The van der Waals surface area contributed by atoms with Crippen molar-refractivity contribution in [2.45, 2.75) is 0 Å². The van der Waals surface area contributed by atoms with Crippen molar-refractivity contribution in [2.75, 3.05) is 0 Å². The summed E-state index contributed by atoms with van der Waals surface area (Å²) in [6.07, 6.45) is 2.29. The van der Waals surface area contributed by atoms with Gasteiger partial charge in [-0.2, -0.15) is 5.26 Å². The van der Waals surface area contributed by atoms with Crippen LogP contribution in [-0.2, 0) is 0 Å². The lowest BCUT2D eigenvalue weighted by Gasteiger charge is -1.81. The van der Waals surface area contributed by atoms with E-state index in [0.717, 1.165) is 6.08 Å². The van der Waals surface area contributed by atoms with Gasteiger partial charge in [0.05, 0.1) is 11.6 Å². The molecule has 0 N–H and O–H groups in total. The molecule has 0 saturated heterocycles. The number of hydrogen-bond donors (Lipinski definition) is 0. The molecule has 0 spiro atoms. The molecule has 0 saturated carbocycles. The Morgan fingerprint density at radius 3 is 2.33 bits per heavy atom. The van der Waals surface area contributed by atoms with Gasteiger partial charge in [0.2, 0.25) is 0 Å². The number of hydrogen-bond acceptors (Lipinski definition) is 1. The highest BCUT2D eigenvalue weighted by molar-refractivity contribution is 5.35. The maximum Gasteiger partial charge on any atom is 0.117 e. The second-order valence-electron chi connectivity index (χ2n) is 1.36. The summed E-state index contributed by atoms with van der Waals surface area (Å²) < 4.78 is 11.9. The average molecular weight is 123 g/mol. The van der Waals surface area contributed by atoms with Gasteiger partial charge in [-0.25, -0.2) is 4.39 Å². The van der Waals surface area contributed by atoms with Crippen LogP contribution in [0.2, 0.25) is 0 Å². The van der Waals surface area contributed by atoms with Gasteiger partial charge >= 0.3 is 0 Å². The summed E-state index contributed by atoms with van der Waals surface area (Å²) in [6.45, 7) is 6.24. The highest BCUT2D eigenvalue weighted by atomic mass is 19.1. The van der Waals surface area contributed by atoms with E-state index < -0.39 is 5.83 Å². The zero-order valence-corrected chi connectivity index (χ0v) is 4.89. The van der Waals surface area contributed by atoms with E-state index in [9.17, 15) is 4.39 Å². The minimum Gasteiger partial charge on any atom is -0.208 e. The van der Waals surface area contributed by atoms with E-state index in [0.29, 0.717) is 0 Å². The molecule has 0 radical (unpaired) electrons. The normalized spacial score (nSPS) is 10.0. The third-order valence-electron chi connectivity index (χ3n) is 0.661. The number of nitrogens with zero attached hydrogens (tertiary/aromatic N) is 1. The molecular formula is C7H6FN. The van der Waals surface area contributed by atoms with Gasteiger partial charge in [0, 0.05) is 0 Å². The first kappa shape index (κ1) is 7.64. The Kier molecular flexibility index (Phi) is 3.07. The van der Waals surface area contributed by atoms with Crippen molar-refractivity contribution in [1.29, 1.82) is 5.26 Å². The van der Waals surface area contributed by atoms with Crippen LogP contribution in [0.5, 0.6) is 0 Å². The largest absolute Gasteiger partial charge is 0.208 e. The van der Waals surface area contributed by atoms with Crippen molar-refractivity contribution in [2.24, 2.45) is 0 Å². The van der Waals surface area contributed by atoms with Crippen molar-refractivity contribution < 1.29 is 4.39 Å². The first-order valence-electron chi connectivity index (χ1n) is 2.29. The molecule has 1 nitrogen and oxygen atoms in total. The molecule has 46 valence electrons. The van der Waals surface area contributed by atoms with Gasteiger partial charge in [0.15, 0.2) is 0 Å². The van der Waals surface area contributed by atoms with E-state index in [1.54, 1.807) is 6.07 Å². The van der Waals surface area contributed by atoms with Crippen molar-refractivity contribution >= 4 is 0 Å². The second-order valence-corrected chi connectivity index (χ2v) is 1.36. The predicted octanol–water partition coefficient (Wildman–Crippen LogP) is 2.11. The van der Waals surface area contributed by atoms with Crippen LogP contribution in [-0.4, -0.2) is 0 Å². The summed E-state index contributed by atoms with van der Waals surface area (Å²) in [5.41, 5.74) is 0.183. The Morgan fingerprint density at radius 1 is 1.67 bits per heavy atom. The fourth-order valence-corrected chi connectivity index (χ4v) is 0.306. The van der Waals surface area contributed by atoms with Crippen LogP contribution in [0.15, 0.2) is 36.7 Å². The molecule has 0 aromatic carbocycles. The Hall–Kier alpha value is -1.36. The zero-order chi connectivity index (χ0) is 7.28. The molecule has 0 heterocycles. The number of halogens is 1. The van der Waals surface area contributed by atoms with Crippen LogP contribution >= 0.6 is 0 Å². The maximum absolute atomic E-state index is 11.9. The van der Waals surface area contributed by atoms with Crippen LogP contribution in [0.1, 0.15) is 0 Å². The number of rotatable bonds is 2. The predicted molar refractivity (Wildman–Crippen MR) is 34.1 cm³/mol. The van der Waals surface area contributed by atoms with Crippen LogP contribution in [0.25, 0.3) is 0 Å². The molecule has 0 atom stereocenters. The quantitative estimate of drug-likeness (QED) is 0.407. The minimum atomic E-state index is -0.633. The Bertz CT molecular complexity index is 195. The number of allylic oxidation sites excluding steroid dienone is 4. The summed E-state index contributed by atoms with van der Waals surface area (Å²) in [5, 5.41) is 8.18. The molecule has 0 amide bonds. The average Bonchev–Trinajstić information content (AvgIpc) is 1.82. The van der Waals surface area contributed by atoms with Crippen LogP contribution in [0, 0.1) is 11.3 Å². The van der Waals surface area contributed by atoms with E-state index in [1.807, 2.05) is 0 Å². The maximum atomic E-state index is 11.9. The minimum absolute atomic E-state index is 0.183. The lowest BCUT2D eigenvalue weighted by molar-refractivity contribution is 0.671. The van der Waals surface area contributed by atoms with Crippen molar-refractivity contribution in [1.82, 2.24) is 0 Å². The topological polar surface area (TPSA) is 23.8 Å². The Labute approximate surface area is 53.4 Å². The molecule has 0 unspecified atom stereocenters. The van der Waals surface area contributed by atoms with E-state index in [1.165, 1.54) is 6.08 Å². The van der Waals surface area contributed by atoms with Crippen LogP contribution < -0.4 is 0 Å². The lowest BCUT2D eigenvalue weighted by atomic mass is 10.3. The summed E-state index contributed by atoms with van der Waals surface area (Å²) in [5.74, 6) is -0.633. The summed E-state index contributed by atoms with van der Waals surface area (Å²) in [7, 11) is 0. The number of nitriles is 1. The monoisotopic (exact) mass is 123 g/mol. The molecule has 0 aromatic rings. The van der Waals surface area contributed by atoms with Gasteiger partial charge in [-0.05, 0) is 6.08 Å². The van der Waals surface area contributed by atoms with E-state index in [4.69, 9.17) is 5.26 Å². The molecule has 0 aliphatic rings. The third-order valence-corrected chi connectivity index (χ3v) is 0.661. The fourth-order valence-electron chi connectivity index (χ4n) is 0.306. The van der Waals surface area contributed by atoms with Gasteiger partial charge in [-0.3, -0.25) is 0 Å². The summed E-state index contributed by atoms with van der Waals surface area (Å²) in [4.78, 5) is 0. The first-order chi connectivity index (χ1) is 4.20. The van der Waals surface area contributed by atoms with E-state index in [2.05, 4.69) is 13.2 Å². The van der Waals surface area contributed by atoms with Crippen LogP contribution in [0.4, 0.5) is 4.39 Å². The highest BCUT2D eigenvalue weighted by Crippen LogP contribution is 2.00. The molecule has 0 aromatic heterocycles. The van der Waals surface area contributed by atoms with E-state index >= 15 is 0 Å². The molecule has 0 rings (SSSR count). The molecule has 0 fully saturated rings. The summed E-state index contributed by atoms with van der Waals surface area (Å²) >= 11 is 0. The molecule has 0 aliphatic carbocycles. The Morgan fingerprint density at radius 2 is 2.22 bits per heavy atom. The van der Waals surface area contributed by atoms with Gasteiger partial charge in [-0.15, -0.1) is 0 Å². The van der Waals surface area contributed by atoms with Crippen molar-refractivity contribution in [3.05, 3.63) is 36.7 Å². The zero-order valence-electron chi connectivity index (χ0n) is 4.89. The van der Waals surface area contributed by atoms with Gasteiger partial charge < -0.3 is 0 Å². The van der Waals surface area contributed by atoms with Crippen molar-refractivity contribution in [3.8, 4) is 6.07 Å². The SMILES string of the molecule is C=CC(C#N)=CC(=C)F. The Balaban J connectivity index is 4.30. The first-order valence-corrected chi connectivity index (χ1v) is 2.29.